The van der Waals surface area contributed by atoms with Crippen LogP contribution in [0.1, 0.15) is 11.4 Å². The van der Waals surface area contributed by atoms with Crippen molar-refractivity contribution in [3.05, 3.63) is 52.9 Å². The molecule has 0 saturated carbocycles. The maximum absolute atomic E-state index is 12.4. The van der Waals surface area contributed by atoms with E-state index < -0.39 is 6.61 Å². The Bertz CT molecular complexity index is 924. The Morgan fingerprint density at radius 3 is 2.40 bits per heavy atom. The fraction of sp³-hybridized carbons (Fsp3) is 0.400. The standard InChI is InChI=1S/C20H22F2N4O3S/c1-13-7-16(23-24(13)2)12-28-20(27)25-8-14-10-26(11-15(14)9-25)30-18-5-3-17(4-6-18)29-19(21)22/h3-7,19H,8-12H2,1-2H3. The molecule has 0 spiro atoms. The van der Waals surface area contributed by atoms with Gasteiger partial charge >= 0.3 is 12.7 Å². The number of aryl methyl sites for hydroxylation is 2. The van der Waals surface area contributed by atoms with Gasteiger partial charge in [-0.2, -0.15) is 13.9 Å². The summed E-state index contributed by atoms with van der Waals surface area (Å²) in [4.78, 5) is 15.0. The summed E-state index contributed by atoms with van der Waals surface area (Å²) in [6.07, 6.45) is -0.332. The Kier molecular flexibility index (Phi) is 5.96. The molecule has 160 valence electrons. The molecule has 0 atom stereocenters. The second-order valence-electron chi connectivity index (χ2n) is 7.26. The monoisotopic (exact) mass is 436 g/mol. The van der Waals surface area contributed by atoms with Crippen molar-refractivity contribution in [3.63, 3.8) is 0 Å². The van der Waals surface area contributed by atoms with Crippen LogP contribution >= 0.6 is 11.9 Å². The van der Waals surface area contributed by atoms with E-state index in [-0.39, 0.29) is 18.4 Å². The summed E-state index contributed by atoms with van der Waals surface area (Å²) >= 11 is 1.56. The number of aromatic nitrogens is 2. The fourth-order valence-corrected chi connectivity index (χ4v) is 4.50. The molecule has 0 aliphatic carbocycles. The lowest BCUT2D eigenvalue weighted by molar-refractivity contribution is -0.0498. The Morgan fingerprint density at radius 1 is 1.17 bits per heavy atom. The molecule has 2 aliphatic rings. The van der Waals surface area contributed by atoms with Gasteiger partial charge in [-0.15, -0.1) is 0 Å². The molecule has 3 heterocycles. The van der Waals surface area contributed by atoms with Gasteiger partial charge in [0, 0.05) is 43.8 Å². The minimum absolute atomic E-state index is 0.145. The van der Waals surface area contributed by atoms with E-state index in [1.165, 1.54) is 23.3 Å². The predicted molar refractivity (Wildman–Crippen MR) is 107 cm³/mol. The summed E-state index contributed by atoms with van der Waals surface area (Å²) in [6.45, 7) is 1.91. The topological polar surface area (TPSA) is 59.8 Å². The van der Waals surface area contributed by atoms with Gasteiger partial charge in [-0.05, 0) is 60.3 Å². The molecule has 0 unspecified atom stereocenters. The molecule has 0 bridgehead atoms. The van der Waals surface area contributed by atoms with Crippen LogP contribution in [0, 0.1) is 6.92 Å². The Morgan fingerprint density at radius 2 is 1.83 bits per heavy atom. The first-order valence-electron chi connectivity index (χ1n) is 9.46. The molecule has 2 aromatic rings. The van der Waals surface area contributed by atoms with Crippen LogP contribution in [0.2, 0.25) is 0 Å². The smallest absolute Gasteiger partial charge is 0.410 e. The second-order valence-corrected chi connectivity index (χ2v) is 8.43. The van der Waals surface area contributed by atoms with Crippen molar-refractivity contribution in [2.45, 2.75) is 25.0 Å². The first kappa shape index (κ1) is 20.7. The zero-order valence-electron chi connectivity index (χ0n) is 16.7. The fourth-order valence-electron chi connectivity index (χ4n) is 3.50. The molecule has 7 nitrogen and oxygen atoms in total. The Hall–Kier alpha value is -2.59. The Labute approximate surface area is 177 Å². The third kappa shape index (κ3) is 4.76. The number of ether oxygens (including phenoxy) is 2. The number of nitrogens with zero attached hydrogens (tertiary/aromatic N) is 4. The van der Waals surface area contributed by atoms with Crippen LogP contribution in [0.4, 0.5) is 13.6 Å². The summed E-state index contributed by atoms with van der Waals surface area (Å²) in [5, 5.41) is 4.29. The minimum Gasteiger partial charge on any atom is -0.443 e. The van der Waals surface area contributed by atoms with Crippen molar-refractivity contribution < 1.29 is 23.0 Å². The first-order chi connectivity index (χ1) is 14.4. The number of rotatable bonds is 6. The van der Waals surface area contributed by atoms with Gasteiger partial charge in [0.25, 0.3) is 0 Å². The van der Waals surface area contributed by atoms with E-state index in [1.54, 1.807) is 33.7 Å². The molecule has 10 heteroatoms. The van der Waals surface area contributed by atoms with Gasteiger partial charge in [0.15, 0.2) is 0 Å². The molecule has 30 heavy (non-hydrogen) atoms. The molecule has 1 amide bonds. The predicted octanol–water partition coefficient (Wildman–Crippen LogP) is 3.60. The normalized spacial score (nSPS) is 16.5. The quantitative estimate of drug-likeness (QED) is 0.510. The number of hydrogen-bond donors (Lipinski definition) is 0. The number of halogens is 2. The zero-order valence-corrected chi connectivity index (χ0v) is 17.5. The molecule has 2 aliphatic heterocycles. The molecular formula is C20H22F2N4O3S. The van der Waals surface area contributed by atoms with E-state index in [2.05, 4.69) is 14.1 Å². The average Bonchev–Trinajstić information content (AvgIpc) is 3.34. The van der Waals surface area contributed by atoms with Crippen molar-refractivity contribution in [3.8, 4) is 5.75 Å². The molecule has 1 aromatic carbocycles. The number of carbonyl (C=O) groups is 1. The van der Waals surface area contributed by atoms with Gasteiger partial charge < -0.3 is 14.4 Å². The van der Waals surface area contributed by atoms with Crippen LogP contribution in [0.15, 0.2) is 46.4 Å². The number of carbonyl (C=O) groups excluding carboxylic acids is 1. The highest BCUT2D eigenvalue weighted by atomic mass is 32.2. The highest BCUT2D eigenvalue weighted by molar-refractivity contribution is 7.97. The molecule has 0 fully saturated rings. The minimum atomic E-state index is -2.82. The molecular weight excluding hydrogens is 414 g/mol. The number of hydrogen-bond acceptors (Lipinski definition) is 6. The van der Waals surface area contributed by atoms with Crippen LogP contribution < -0.4 is 4.74 Å². The third-order valence-corrected chi connectivity index (χ3v) is 6.05. The van der Waals surface area contributed by atoms with Crippen LogP contribution in [0.5, 0.6) is 5.75 Å². The summed E-state index contributed by atoms with van der Waals surface area (Å²) < 4.78 is 38.2. The highest BCUT2D eigenvalue weighted by Gasteiger charge is 2.33. The lowest BCUT2D eigenvalue weighted by Gasteiger charge is -2.21. The van der Waals surface area contributed by atoms with E-state index in [0.717, 1.165) is 29.4 Å². The lowest BCUT2D eigenvalue weighted by atomic mass is 10.2. The van der Waals surface area contributed by atoms with Gasteiger partial charge in [-0.25, -0.2) is 9.10 Å². The number of benzene rings is 1. The van der Waals surface area contributed by atoms with Crippen molar-refractivity contribution in [1.82, 2.24) is 19.0 Å². The Balaban J connectivity index is 1.23. The second kappa shape index (κ2) is 8.65. The van der Waals surface area contributed by atoms with Crippen molar-refractivity contribution in [2.75, 3.05) is 26.2 Å². The molecule has 0 radical (unpaired) electrons. The van der Waals surface area contributed by atoms with E-state index in [4.69, 9.17) is 4.74 Å². The van der Waals surface area contributed by atoms with Gasteiger partial charge in [0.05, 0.1) is 0 Å². The first-order valence-corrected chi connectivity index (χ1v) is 10.2. The summed E-state index contributed by atoms with van der Waals surface area (Å²) in [6, 6.07) is 8.49. The summed E-state index contributed by atoms with van der Waals surface area (Å²) in [7, 11) is 1.85. The van der Waals surface area contributed by atoms with E-state index in [0.29, 0.717) is 13.1 Å². The van der Waals surface area contributed by atoms with Crippen LogP contribution in [-0.2, 0) is 18.4 Å². The van der Waals surface area contributed by atoms with E-state index in [1.807, 2.05) is 20.0 Å². The maximum Gasteiger partial charge on any atom is 0.410 e. The summed E-state index contributed by atoms with van der Waals surface area (Å²) in [5.74, 6) is 0.145. The largest absolute Gasteiger partial charge is 0.443 e. The summed E-state index contributed by atoms with van der Waals surface area (Å²) in [5.41, 5.74) is 4.20. The van der Waals surface area contributed by atoms with E-state index >= 15 is 0 Å². The molecule has 1 aromatic heterocycles. The van der Waals surface area contributed by atoms with Crippen molar-refractivity contribution in [2.24, 2.45) is 7.05 Å². The highest BCUT2D eigenvalue weighted by Crippen LogP contribution is 2.34. The van der Waals surface area contributed by atoms with Gasteiger partial charge in [-0.3, -0.25) is 4.68 Å². The van der Waals surface area contributed by atoms with Crippen molar-refractivity contribution in [1.29, 1.82) is 0 Å². The van der Waals surface area contributed by atoms with Gasteiger partial charge in [-0.1, -0.05) is 0 Å². The zero-order chi connectivity index (χ0) is 21.3. The SMILES string of the molecule is Cc1cc(COC(=O)N2CC3=C(CN(Sc4ccc(OC(F)F)cc4)C3)C2)nn1C. The lowest BCUT2D eigenvalue weighted by Crippen LogP contribution is -2.33. The molecule has 0 saturated heterocycles. The maximum atomic E-state index is 12.4. The third-order valence-electron chi connectivity index (χ3n) is 5.05. The van der Waals surface area contributed by atoms with Gasteiger partial charge in [0.1, 0.15) is 18.1 Å². The number of amides is 1. The molecule has 0 N–H and O–H groups in total. The average molecular weight is 436 g/mol. The van der Waals surface area contributed by atoms with Gasteiger partial charge in [0.2, 0.25) is 0 Å². The van der Waals surface area contributed by atoms with E-state index in [9.17, 15) is 13.6 Å². The van der Waals surface area contributed by atoms with Crippen LogP contribution in [0.25, 0.3) is 0 Å². The molecule has 4 rings (SSSR count). The van der Waals surface area contributed by atoms with Crippen molar-refractivity contribution >= 4 is 18.0 Å². The number of alkyl halides is 2. The van der Waals surface area contributed by atoms with Crippen LogP contribution in [0.3, 0.4) is 0 Å². The van der Waals surface area contributed by atoms with Crippen LogP contribution in [-0.4, -0.2) is 57.9 Å².